The van der Waals surface area contributed by atoms with E-state index in [9.17, 15) is 14.4 Å². The molecular formula is C7H10O8V2-10. The molecule has 8 nitrogen and oxygen atoms in total. The first-order valence-electron chi connectivity index (χ1n) is 2.98. The fourth-order valence-corrected chi connectivity index (χ4v) is 0.859. The van der Waals surface area contributed by atoms with Crippen LogP contribution in [-0.4, -0.2) is 17.3 Å². The van der Waals surface area contributed by atoms with Gasteiger partial charge in [-0.25, -0.2) is 0 Å². The fraction of sp³-hybridized carbons (Fsp3) is 0.571. The number of carbonyl (C=O) groups excluding carboxylic acids is 3. The Morgan fingerprint density at radius 1 is 0.588 bits per heavy atom. The molecule has 0 rings (SSSR count). The summed E-state index contributed by atoms with van der Waals surface area (Å²) in [7, 11) is 0. The summed E-state index contributed by atoms with van der Waals surface area (Å²) in [6.45, 7) is 3.73. The molecule has 0 N–H and O–H groups in total. The molecule has 0 aliphatic heterocycles. The molecule has 0 amide bonds. The first-order chi connectivity index (χ1) is 4.46. The molecule has 17 heavy (non-hydrogen) atoms. The Morgan fingerprint density at radius 3 is 0.706 bits per heavy atom. The maximum Gasteiger partial charge on any atom is 0.147 e. The molecule has 0 unspecified atom stereocenters. The molecule has 2 radical (unpaired) electrons. The smallest absolute Gasteiger partial charge is 0.147 e. The summed E-state index contributed by atoms with van der Waals surface area (Å²) in [4.78, 5) is 31.8. The summed E-state index contributed by atoms with van der Waals surface area (Å²) >= 11 is 0. The van der Waals surface area contributed by atoms with E-state index in [1.54, 1.807) is 0 Å². The number of hydrogen-bond acceptors (Lipinski definition) is 3. The van der Waals surface area contributed by atoms with Crippen LogP contribution in [0.1, 0.15) is 20.8 Å². The van der Waals surface area contributed by atoms with E-state index >= 15 is 0 Å². The van der Waals surface area contributed by atoms with Gasteiger partial charge in [0.1, 0.15) is 23.3 Å². The molecule has 0 bridgehead atoms. The Labute approximate surface area is 123 Å². The van der Waals surface area contributed by atoms with Crippen LogP contribution < -0.4 is 0 Å². The zero-order valence-electron chi connectivity index (χ0n) is 9.24. The van der Waals surface area contributed by atoms with Crippen molar-refractivity contribution >= 4 is 17.3 Å². The summed E-state index contributed by atoms with van der Waals surface area (Å²) in [6, 6.07) is 0. The SMILES string of the molecule is CC(=O)C(C(C)=O)C(C)=O.[O-2].[O-2].[O-2].[O-2].[O-2].[V].[V]. The quantitative estimate of drug-likeness (QED) is 0.648. The van der Waals surface area contributed by atoms with Gasteiger partial charge in [-0.3, -0.25) is 14.4 Å². The van der Waals surface area contributed by atoms with Crippen molar-refractivity contribution in [3.63, 3.8) is 0 Å². The van der Waals surface area contributed by atoms with Crippen molar-refractivity contribution in [1.29, 1.82) is 0 Å². The number of ketones is 3. The van der Waals surface area contributed by atoms with Gasteiger partial charge >= 0.3 is 0 Å². The van der Waals surface area contributed by atoms with Crippen LogP contribution >= 0.6 is 0 Å². The Morgan fingerprint density at radius 2 is 0.706 bits per heavy atom. The van der Waals surface area contributed by atoms with Gasteiger partial charge in [-0.2, -0.15) is 0 Å². The molecule has 0 saturated carbocycles. The van der Waals surface area contributed by atoms with Crippen LogP contribution in [0.5, 0.6) is 0 Å². The van der Waals surface area contributed by atoms with Crippen molar-refractivity contribution in [2.45, 2.75) is 20.8 Å². The van der Waals surface area contributed by atoms with Crippen LogP contribution in [0, 0.1) is 5.92 Å². The van der Waals surface area contributed by atoms with Gasteiger partial charge < -0.3 is 27.4 Å². The number of Topliss-reactive ketones (excluding diaryl/α,β-unsaturated/α-hetero) is 3. The predicted molar refractivity (Wildman–Crippen MR) is 39.0 cm³/mol. The first-order valence-corrected chi connectivity index (χ1v) is 2.98. The van der Waals surface area contributed by atoms with E-state index in [4.69, 9.17) is 0 Å². The topological polar surface area (TPSA) is 194 Å². The van der Waals surface area contributed by atoms with E-state index in [1.165, 1.54) is 20.8 Å². The second kappa shape index (κ2) is 25.0. The molecule has 0 atom stereocenters. The van der Waals surface area contributed by atoms with Crippen molar-refractivity contribution in [1.82, 2.24) is 0 Å². The molecule has 0 aromatic carbocycles. The Bertz CT molecular complexity index is 163. The first kappa shape index (κ1) is 53.8. The van der Waals surface area contributed by atoms with Crippen molar-refractivity contribution in [3.05, 3.63) is 0 Å². The van der Waals surface area contributed by atoms with Crippen molar-refractivity contribution in [2.24, 2.45) is 5.92 Å². The van der Waals surface area contributed by atoms with Crippen molar-refractivity contribution in [2.75, 3.05) is 0 Å². The number of hydrogen-bond donors (Lipinski definition) is 0. The minimum absolute atomic E-state index is 0. The van der Waals surface area contributed by atoms with E-state index in [2.05, 4.69) is 0 Å². The molecule has 0 spiro atoms. The fourth-order valence-electron chi connectivity index (χ4n) is 0.859. The third-order valence-corrected chi connectivity index (χ3v) is 1.22. The van der Waals surface area contributed by atoms with Crippen LogP contribution in [0.15, 0.2) is 0 Å². The molecule has 0 aliphatic carbocycles. The van der Waals surface area contributed by atoms with Gasteiger partial charge in [-0.1, -0.05) is 0 Å². The minimum atomic E-state index is -1.03. The van der Waals surface area contributed by atoms with Crippen LogP contribution in [0.3, 0.4) is 0 Å². The molecule has 0 aliphatic rings. The molecule has 0 heterocycles. The summed E-state index contributed by atoms with van der Waals surface area (Å²) < 4.78 is 0. The summed E-state index contributed by atoms with van der Waals surface area (Å²) in [5.74, 6) is -2.15. The standard InChI is InChI=1S/C7H10O3.5O.2V/c1-4(8)7(5(2)9)6(3)10;;;;;;;/h7H,1-3H3;;;;;;;/q;5*-2;;. The third-order valence-electron chi connectivity index (χ3n) is 1.22. The molecule has 0 fully saturated rings. The number of rotatable bonds is 3. The second-order valence-electron chi connectivity index (χ2n) is 2.26. The average Bonchev–Trinajstić information content (AvgIpc) is 1.59. The normalized spacial score (nSPS) is 5.65. The molecule has 106 valence electrons. The van der Waals surface area contributed by atoms with E-state index in [0.29, 0.717) is 0 Å². The maximum absolute atomic E-state index is 10.6. The minimum Gasteiger partial charge on any atom is -2.00 e. The molecular weight excluding hydrogens is 314 g/mol. The van der Waals surface area contributed by atoms with Crippen LogP contribution in [-0.2, 0) is 78.9 Å². The van der Waals surface area contributed by atoms with E-state index in [1.807, 2.05) is 0 Å². The number of carbonyl (C=O) groups is 3. The summed E-state index contributed by atoms with van der Waals surface area (Å²) in [5, 5.41) is 0. The maximum atomic E-state index is 10.6. The average molecular weight is 324 g/mol. The van der Waals surface area contributed by atoms with Crippen LogP contribution in [0.2, 0.25) is 0 Å². The Kier molecular flexibility index (Phi) is 79.0. The van der Waals surface area contributed by atoms with Crippen molar-refractivity contribution < 1.29 is 78.9 Å². The van der Waals surface area contributed by atoms with Gasteiger partial charge in [0.15, 0.2) is 0 Å². The summed E-state index contributed by atoms with van der Waals surface area (Å²) in [5.41, 5.74) is 0. The van der Waals surface area contributed by atoms with Crippen LogP contribution in [0.4, 0.5) is 0 Å². The van der Waals surface area contributed by atoms with Gasteiger partial charge in [0.2, 0.25) is 0 Å². The predicted octanol–water partition coefficient (Wildman–Crippen LogP) is -0.229. The van der Waals surface area contributed by atoms with Gasteiger partial charge in [-0.15, -0.1) is 0 Å². The van der Waals surface area contributed by atoms with Gasteiger partial charge in [0.05, 0.1) is 0 Å². The van der Waals surface area contributed by atoms with Crippen molar-refractivity contribution in [3.8, 4) is 0 Å². The summed E-state index contributed by atoms with van der Waals surface area (Å²) in [6.07, 6.45) is 0. The van der Waals surface area contributed by atoms with E-state index in [0.717, 1.165) is 0 Å². The third kappa shape index (κ3) is 21.8. The zero-order chi connectivity index (χ0) is 8.31. The zero-order valence-corrected chi connectivity index (χ0v) is 12.0. The largest absolute Gasteiger partial charge is 2.00 e. The molecule has 0 aromatic rings. The second-order valence-corrected chi connectivity index (χ2v) is 2.26. The molecule has 0 saturated heterocycles. The van der Waals surface area contributed by atoms with Gasteiger partial charge in [0, 0.05) is 37.1 Å². The monoisotopic (exact) mass is 324 g/mol. The van der Waals surface area contributed by atoms with E-state index < -0.39 is 5.92 Å². The molecule has 10 heteroatoms. The Hall–Kier alpha value is -0.0212. The van der Waals surface area contributed by atoms with Gasteiger partial charge in [-0.05, 0) is 20.8 Å². The van der Waals surface area contributed by atoms with Crippen LogP contribution in [0.25, 0.3) is 0 Å². The van der Waals surface area contributed by atoms with E-state index in [-0.39, 0.29) is 81.8 Å². The Balaban J connectivity index is -0.0000000193. The van der Waals surface area contributed by atoms with Gasteiger partial charge in [0.25, 0.3) is 0 Å². The molecule has 0 aromatic heterocycles.